The molecule has 0 aliphatic heterocycles. The van der Waals surface area contributed by atoms with E-state index in [2.05, 4.69) is 5.32 Å². The molecule has 0 aromatic heterocycles. The van der Waals surface area contributed by atoms with E-state index in [-0.39, 0.29) is 19.1 Å². The van der Waals surface area contributed by atoms with Crippen molar-refractivity contribution in [2.75, 3.05) is 6.61 Å². The molecule has 7 nitrogen and oxygen atoms in total. The van der Waals surface area contributed by atoms with Gasteiger partial charge in [0.1, 0.15) is 5.75 Å². The lowest BCUT2D eigenvalue weighted by Crippen LogP contribution is -2.30. The van der Waals surface area contributed by atoms with Crippen molar-refractivity contribution in [1.29, 1.82) is 0 Å². The van der Waals surface area contributed by atoms with E-state index < -0.39 is 11.9 Å². The SMILES string of the molecule is NC(=O)COc1ccc(CC(CCC(=O)O)NC=O)cc1. The molecule has 21 heavy (non-hydrogen) atoms. The van der Waals surface area contributed by atoms with Crippen LogP contribution in [0.25, 0.3) is 0 Å². The number of amides is 2. The molecule has 0 saturated carbocycles. The van der Waals surface area contributed by atoms with Crippen LogP contribution in [0.15, 0.2) is 24.3 Å². The van der Waals surface area contributed by atoms with Crippen LogP contribution in [-0.2, 0) is 20.8 Å². The van der Waals surface area contributed by atoms with Gasteiger partial charge < -0.3 is 20.9 Å². The van der Waals surface area contributed by atoms with Gasteiger partial charge in [-0.2, -0.15) is 0 Å². The monoisotopic (exact) mass is 294 g/mol. The van der Waals surface area contributed by atoms with Crippen molar-refractivity contribution in [3.63, 3.8) is 0 Å². The average molecular weight is 294 g/mol. The summed E-state index contributed by atoms with van der Waals surface area (Å²) in [6.45, 7) is -0.187. The lowest BCUT2D eigenvalue weighted by molar-refractivity contribution is -0.137. The summed E-state index contributed by atoms with van der Waals surface area (Å²) < 4.78 is 5.13. The second-order valence-electron chi connectivity index (χ2n) is 4.52. The normalized spacial score (nSPS) is 11.4. The van der Waals surface area contributed by atoms with Crippen LogP contribution in [0.5, 0.6) is 5.75 Å². The third kappa shape index (κ3) is 6.95. The summed E-state index contributed by atoms with van der Waals surface area (Å²) in [5, 5.41) is 11.3. The number of hydrogen-bond acceptors (Lipinski definition) is 4. The van der Waals surface area contributed by atoms with E-state index in [9.17, 15) is 14.4 Å². The van der Waals surface area contributed by atoms with Gasteiger partial charge in [0.25, 0.3) is 5.91 Å². The number of carbonyl (C=O) groups is 3. The Kier molecular flexibility index (Phi) is 6.73. The Labute approximate surface area is 122 Å². The second kappa shape index (κ2) is 8.57. The number of aliphatic carboxylic acids is 1. The van der Waals surface area contributed by atoms with Crippen LogP contribution in [0, 0.1) is 0 Å². The van der Waals surface area contributed by atoms with E-state index in [0.29, 0.717) is 25.0 Å². The summed E-state index contributed by atoms with van der Waals surface area (Å²) in [7, 11) is 0. The molecular weight excluding hydrogens is 276 g/mol. The smallest absolute Gasteiger partial charge is 0.303 e. The van der Waals surface area contributed by atoms with Crippen LogP contribution < -0.4 is 15.8 Å². The number of hydrogen-bond donors (Lipinski definition) is 3. The first-order valence-electron chi connectivity index (χ1n) is 6.42. The summed E-state index contributed by atoms with van der Waals surface area (Å²) in [5.41, 5.74) is 5.90. The van der Waals surface area contributed by atoms with Crippen molar-refractivity contribution >= 4 is 18.3 Å². The Hall–Kier alpha value is -2.57. The van der Waals surface area contributed by atoms with Gasteiger partial charge in [0.05, 0.1) is 0 Å². The average Bonchev–Trinajstić information content (AvgIpc) is 2.44. The van der Waals surface area contributed by atoms with Crippen LogP contribution >= 0.6 is 0 Å². The summed E-state index contributed by atoms with van der Waals surface area (Å²) in [6.07, 6.45) is 1.43. The zero-order chi connectivity index (χ0) is 15.7. The van der Waals surface area contributed by atoms with E-state index >= 15 is 0 Å². The molecule has 7 heteroatoms. The molecule has 0 radical (unpaired) electrons. The Morgan fingerprint density at radius 2 is 2.00 bits per heavy atom. The molecule has 0 bridgehead atoms. The molecule has 1 atom stereocenters. The van der Waals surface area contributed by atoms with Gasteiger partial charge in [0, 0.05) is 12.5 Å². The van der Waals surface area contributed by atoms with Crippen molar-refractivity contribution in [2.24, 2.45) is 5.73 Å². The van der Waals surface area contributed by atoms with E-state index in [1.165, 1.54) is 0 Å². The number of carboxylic acids is 1. The maximum absolute atomic E-state index is 10.6. The van der Waals surface area contributed by atoms with Gasteiger partial charge in [-0.3, -0.25) is 14.4 Å². The Morgan fingerprint density at radius 3 is 2.52 bits per heavy atom. The lowest BCUT2D eigenvalue weighted by Gasteiger charge is -2.15. The molecule has 0 heterocycles. The van der Waals surface area contributed by atoms with Crippen molar-refractivity contribution in [1.82, 2.24) is 5.32 Å². The van der Waals surface area contributed by atoms with Gasteiger partial charge in [0.2, 0.25) is 6.41 Å². The summed E-state index contributed by atoms with van der Waals surface area (Å²) >= 11 is 0. The molecule has 1 aromatic rings. The zero-order valence-corrected chi connectivity index (χ0v) is 11.5. The first-order chi connectivity index (χ1) is 10.0. The van der Waals surface area contributed by atoms with Crippen LogP contribution in [0.1, 0.15) is 18.4 Å². The number of nitrogens with two attached hydrogens (primary N) is 1. The van der Waals surface area contributed by atoms with Gasteiger partial charge >= 0.3 is 5.97 Å². The Balaban J connectivity index is 2.56. The highest BCUT2D eigenvalue weighted by Gasteiger charge is 2.11. The van der Waals surface area contributed by atoms with Gasteiger partial charge in [-0.05, 0) is 30.5 Å². The number of carboxylic acid groups (broad SMARTS) is 1. The second-order valence-corrected chi connectivity index (χ2v) is 4.52. The predicted molar refractivity (Wildman–Crippen MR) is 74.7 cm³/mol. The van der Waals surface area contributed by atoms with E-state index in [0.717, 1.165) is 5.56 Å². The first kappa shape index (κ1) is 16.5. The first-order valence-corrected chi connectivity index (χ1v) is 6.42. The molecule has 114 valence electrons. The van der Waals surface area contributed by atoms with Crippen molar-refractivity contribution in [3.8, 4) is 5.75 Å². The van der Waals surface area contributed by atoms with Crippen LogP contribution in [-0.4, -0.2) is 36.0 Å². The number of nitrogens with one attached hydrogen (secondary N) is 1. The minimum absolute atomic E-state index is 0.00862. The number of carbonyl (C=O) groups excluding carboxylic acids is 2. The standard InChI is InChI=1S/C14H18N2O5/c15-13(18)8-21-12-4-1-10(2-5-12)7-11(16-9-17)3-6-14(19)20/h1-2,4-5,9,11H,3,6-8H2,(H2,15,18)(H,16,17)(H,19,20). The lowest BCUT2D eigenvalue weighted by atomic mass is 10.0. The van der Waals surface area contributed by atoms with Gasteiger partial charge in [-0.15, -0.1) is 0 Å². The Morgan fingerprint density at radius 1 is 1.33 bits per heavy atom. The summed E-state index contributed by atoms with van der Waals surface area (Å²) in [5.74, 6) is -0.936. The maximum atomic E-state index is 10.6. The van der Waals surface area contributed by atoms with Crippen molar-refractivity contribution in [3.05, 3.63) is 29.8 Å². The fourth-order valence-electron chi connectivity index (χ4n) is 1.80. The maximum Gasteiger partial charge on any atom is 0.303 e. The number of primary amides is 1. The molecule has 0 spiro atoms. The quantitative estimate of drug-likeness (QED) is 0.528. The topological polar surface area (TPSA) is 119 Å². The molecule has 0 aliphatic carbocycles. The third-order valence-corrected chi connectivity index (χ3v) is 2.80. The summed E-state index contributed by atoms with van der Waals surface area (Å²) in [6, 6.07) is 6.71. The van der Waals surface area contributed by atoms with Crippen LogP contribution in [0.3, 0.4) is 0 Å². The Bertz CT molecular complexity index is 487. The number of rotatable bonds is 10. The van der Waals surface area contributed by atoms with Crippen molar-refractivity contribution in [2.45, 2.75) is 25.3 Å². The molecule has 4 N–H and O–H groups in total. The molecule has 0 fully saturated rings. The minimum Gasteiger partial charge on any atom is -0.484 e. The van der Waals surface area contributed by atoms with Crippen LogP contribution in [0.2, 0.25) is 0 Å². The van der Waals surface area contributed by atoms with E-state index in [1.807, 2.05) is 0 Å². The molecule has 1 aromatic carbocycles. The van der Waals surface area contributed by atoms with Gasteiger partial charge in [-0.25, -0.2) is 0 Å². The highest BCUT2D eigenvalue weighted by atomic mass is 16.5. The predicted octanol–water partition coefficient (Wildman–Crippen LogP) is 0.0726. The molecular formula is C14H18N2O5. The van der Waals surface area contributed by atoms with Gasteiger partial charge in [-0.1, -0.05) is 12.1 Å². The van der Waals surface area contributed by atoms with Gasteiger partial charge in [0.15, 0.2) is 6.61 Å². The summed E-state index contributed by atoms with van der Waals surface area (Å²) in [4.78, 5) is 31.7. The third-order valence-electron chi connectivity index (χ3n) is 2.80. The van der Waals surface area contributed by atoms with E-state index in [4.69, 9.17) is 15.6 Å². The fourth-order valence-corrected chi connectivity index (χ4v) is 1.80. The highest BCUT2D eigenvalue weighted by Crippen LogP contribution is 2.14. The largest absolute Gasteiger partial charge is 0.484 e. The molecule has 0 saturated heterocycles. The molecule has 2 amide bonds. The molecule has 1 rings (SSSR count). The molecule has 0 aliphatic rings. The highest BCUT2D eigenvalue weighted by molar-refractivity contribution is 5.75. The number of ether oxygens (including phenoxy) is 1. The van der Waals surface area contributed by atoms with Crippen LogP contribution in [0.4, 0.5) is 0 Å². The minimum atomic E-state index is -0.900. The number of benzene rings is 1. The zero-order valence-electron chi connectivity index (χ0n) is 11.5. The fraction of sp³-hybridized carbons (Fsp3) is 0.357. The van der Waals surface area contributed by atoms with E-state index in [1.54, 1.807) is 24.3 Å². The van der Waals surface area contributed by atoms with Crippen molar-refractivity contribution < 1.29 is 24.2 Å². The molecule has 1 unspecified atom stereocenters.